The molecule has 5 heteroatoms. The molecular weight excluding hydrogens is 222 g/mol. The van der Waals surface area contributed by atoms with Crippen molar-refractivity contribution in [1.29, 1.82) is 0 Å². The Bertz CT molecular complexity index is 265. The highest BCUT2D eigenvalue weighted by atomic mass is 16.5. The predicted octanol–water partition coefficient (Wildman–Crippen LogP) is 0.444. The van der Waals surface area contributed by atoms with Crippen LogP contribution < -0.4 is 0 Å². The van der Waals surface area contributed by atoms with Crippen LogP contribution in [0.4, 0.5) is 0 Å². The van der Waals surface area contributed by atoms with Crippen LogP contribution in [0.15, 0.2) is 0 Å². The lowest BCUT2D eigenvalue weighted by Crippen LogP contribution is -2.43. The summed E-state index contributed by atoms with van der Waals surface area (Å²) in [5.41, 5.74) is 0. The van der Waals surface area contributed by atoms with Crippen molar-refractivity contribution in [3.05, 3.63) is 0 Å². The monoisotopic (exact) mass is 243 g/mol. The quantitative estimate of drug-likeness (QED) is 0.776. The average Bonchev–Trinajstić information content (AvgIpc) is 2.79. The molecule has 0 bridgehead atoms. The van der Waals surface area contributed by atoms with Gasteiger partial charge in [0.15, 0.2) is 0 Å². The van der Waals surface area contributed by atoms with Gasteiger partial charge >= 0.3 is 5.97 Å². The molecule has 0 aromatic heterocycles. The van der Waals surface area contributed by atoms with Crippen molar-refractivity contribution >= 4 is 5.97 Å². The van der Waals surface area contributed by atoms with E-state index in [-0.39, 0.29) is 12.0 Å². The van der Waals surface area contributed by atoms with Crippen molar-refractivity contribution in [1.82, 2.24) is 4.90 Å². The molecule has 2 aliphatic heterocycles. The molecule has 5 nitrogen and oxygen atoms in total. The maximum atomic E-state index is 11.1. The smallest absolute Gasteiger partial charge is 0.310 e. The number of nitrogens with zero attached hydrogens (tertiary/aromatic N) is 1. The van der Waals surface area contributed by atoms with Gasteiger partial charge in [-0.05, 0) is 25.8 Å². The zero-order valence-electron chi connectivity index (χ0n) is 10.3. The van der Waals surface area contributed by atoms with Crippen LogP contribution in [0.25, 0.3) is 0 Å². The summed E-state index contributed by atoms with van der Waals surface area (Å²) in [5, 5.41) is 9.11. The molecule has 2 aliphatic rings. The Labute approximate surface area is 102 Å². The Kier molecular flexibility index (Phi) is 4.36. The zero-order chi connectivity index (χ0) is 12.3. The van der Waals surface area contributed by atoms with Gasteiger partial charge in [0.1, 0.15) is 0 Å². The van der Waals surface area contributed by atoms with Crippen LogP contribution in [0.1, 0.15) is 12.8 Å². The first-order valence-corrected chi connectivity index (χ1v) is 6.27. The van der Waals surface area contributed by atoms with Crippen molar-refractivity contribution in [2.75, 3.05) is 40.0 Å². The minimum Gasteiger partial charge on any atom is -0.481 e. The van der Waals surface area contributed by atoms with E-state index < -0.39 is 5.97 Å². The standard InChI is InChI=1S/C12H21NO4/c1-13(6-9-2-4-16-5-3-9)11-8-17-7-10(11)12(14)15/h9-11H,2-8H2,1H3,(H,14,15). The summed E-state index contributed by atoms with van der Waals surface area (Å²) in [6.07, 6.45) is 2.16. The number of likely N-dealkylation sites (N-methyl/N-ethyl adjacent to an activating group) is 1. The second-order valence-corrected chi connectivity index (χ2v) is 5.04. The fraction of sp³-hybridized carbons (Fsp3) is 0.917. The summed E-state index contributed by atoms with van der Waals surface area (Å²) in [6, 6.07) is 0.0235. The number of rotatable bonds is 4. The summed E-state index contributed by atoms with van der Waals surface area (Å²) in [7, 11) is 2.00. The van der Waals surface area contributed by atoms with E-state index in [1.54, 1.807) is 0 Å². The second-order valence-electron chi connectivity index (χ2n) is 5.04. The summed E-state index contributed by atoms with van der Waals surface area (Å²) >= 11 is 0. The molecule has 0 amide bonds. The Morgan fingerprint density at radius 1 is 1.29 bits per heavy atom. The van der Waals surface area contributed by atoms with Crippen molar-refractivity contribution in [2.45, 2.75) is 18.9 Å². The van der Waals surface area contributed by atoms with Gasteiger partial charge in [-0.2, -0.15) is 0 Å². The molecule has 0 saturated carbocycles. The van der Waals surface area contributed by atoms with Gasteiger partial charge in [-0.3, -0.25) is 9.69 Å². The van der Waals surface area contributed by atoms with Gasteiger partial charge < -0.3 is 14.6 Å². The maximum Gasteiger partial charge on any atom is 0.310 e. The van der Waals surface area contributed by atoms with Crippen LogP contribution in [0.2, 0.25) is 0 Å². The summed E-state index contributed by atoms with van der Waals surface area (Å²) in [4.78, 5) is 13.2. The van der Waals surface area contributed by atoms with Crippen LogP contribution in [0.5, 0.6) is 0 Å². The number of carboxylic acids is 1. The number of aliphatic carboxylic acids is 1. The van der Waals surface area contributed by atoms with Crippen molar-refractivity contribution in [3.8, 4) is 0 Å². The largest absolute Gasteiger partial charge is 0.481 e. The third-order valence-electron chi connectivity index (χ3n) is 3.82. The molecule has 0 aliphatic carbocycles. The molecule has 2 fully saturated rings. The topological polar surface area (TPSA) is 59.0 Å². The lowest BCUT2D eigenvalue weighted by Gasteiger charge is -2.31. The average molecular weight is 243 g/mol. The molecule has 0 aromatic rings. The van der Waals surface area contributed by atoms with E-state index >= 15 is 0 Å². The maximum absolute atomic E-state index is 11.1. The number of hydrogen-bond acceptors (Lipinski definition) is 4. The third kappa shape index (κ3) is 3.18. The van der Waals surface area contributed by atoms with E-state index in [0.717, 1.165) is 32.6 Å². The molecular formula is C12H21NO4. The summed E-state index contributed by atoms with van der Waals surface area (Å²) in [6.45, 7) is 3.50. The highest BCUT2D eigenvalue weighted by Gasteiger charge is 2.37. The van der Waals surface area contributed by atoms with Gasteiger partial charge in [0.25, 0.3) is 0 Å². The van der Waals surface area contributed by atoms with Crippen LogP contribution in [-0.4, -0.2) is 62.0 Å². The zero-order valence-corrected chi connectivity index (χ0v) is 10.3. The van der Waals surface area contributed by atoms with Gasteiger partial charge in [0.2, 0.25) is 0 Å². The first-order valence-electron chi connectivity index (χ1n) is 6.27. The fourth-order valence-corrected chi connectivity index (χ4v) is 2.68. The van der Waals surface area contributed by atoms with Gasteiger partial charge in [0, 0.05) is 25.8 Å². The van der Waals surface area contributed by atoms with Crippen LogP contribution >= 0.6 is 0 Å². The molecule has 98 valence electrons. The Balaban J connectivity index is 1.85. The molecule has 1 N–H and O–H groups in total. The van der Waals surface area contributed by atoms with E-state index in [1.807, 2.05) is 7.05 Å². The number of hydrogen-bond donors (Lipinski definition) is 1. The fourth-order valence-electron chi connectivity index (χ4n) is 2.68. The third-order valence-corrected chi connectivity index (χ3v) is 3.82. The van der Waals surface area contributed by atoms with Crippen molar-refractivity contribution < 1.29 is 19.4 Å². The van der Waals surface area contributed by atoms with E-state index in [0.29, 0.717) is 19.1 Å². The molecule has 0 aromatic carbocycles. The van der Waals surface area contributed by atoms with Gasteiger partial charge in [-0.25, -0.2) is 0 Å². The van der Waals surface area contributed by atoms with E-state index in [2.05, 4.69) is 4.90 Å². The van der Waals surface area contributed by atoms with Gasteiger partial charge in [-0.1, -0.05) is 0 Å². The Morgan fingerprint density at radius 2 is 2.00 bits per heavy atom. The number of carboxylic acid groups (broad SMARTS) is 1. The normalized spacial score (nSPS) is 30.9. The number of ether oxygens (including phenoxy) is 2. The van der Waals surface area contributed by atoms with E-state index in [4.69, 9.17) is 14.6 Å². The minimum absolute atomic E-state index is 0.0235. The molecule has 2 atom stereocenters. The van der Waals surface area contributed by atoms with Crippen molar-refractivity contribution in [2.24, 2.45) is 11.8 Å². The Hall–Kier alpha value is -0.650. The summed E-state index contributed by atoms with van der Waals surface area (Å²) in [5.74, 6) is -0.491. The first kappa shape index (κ1) is 12.8. The Morgan fingerprint density at radius 3 is 2.65 bits per heavy atom. The first-order chi connectivity index (χ1) is 8.18. The molecule has 0 radical (unpaired) electrons. The lowest BCUT2D eigenvalue weighted by molar-refractivity contribution is -0.143. The van der Waals surface area contributed by atoms with Crippen LogP contribution in [0.3, 0.4) is 0 Å². The number of carbonyl (C=O) groups is 1. The second kappa shape index (κ2) is 5.80. The molecule has 2 heterocycles. The molecule has 17 heavy (non-hydrogen) atoms. The highest BCUT2D eigenvalue weighted by molar-refractivity contribution is 5.71. The van der Waals surface area contributed by atoms with Gasteiger partial charge in [0.05, 0.1) is 19.1 Å². The highest BCUT2D eigenvalue weighted by Crippen LogP contribution is 2.22. The molecule has 2 unspecified atom stereocenters. The van der Waals surface area contributed by atoms with Gasteiger partial charge in [-0.15, -0.1) is 0 Å². The molecule has 2 rings (SSSR count). The summed E-state index contributed by atoms with van der Waals surface area (Å²) < 4.78 is 10.6. The van der Waals surface area contributed by atoms with Crippen LogP contribution in [0, 0.1) is 11.8 Å². The minimum atomic E-state index is -0.744. The molecule has 2 saturated heterocycles. The lowest BCUT2D eigenvalue weighted by atomic mass is 9.97. The SMILES string of the molecule is CN(CC1CCOCC1)C1COCC1C(=O)O. The predicted molar refractivity (Wildman–Crippen MR) is 61.9 cm³/mol. The van der Waals surface area contributed by atoms with Crippen molar-refractivity contribution in [3.63, 3.8) is 0 Å². The van der Waals surface area contributed by atoms with E-state index in [9.17, 15) is 4.79 Å². The van der Waals surface area contributed by atoms with E-state index in [1.165, 1.54) is 0 Å². The molecule has 0 spiro atoms. The van der Waals surface area contributed by atoms with Crippen LogP contribution in [-0.2, 0) is 14.3 Å².